The van der Waals surface area contributed by atoms with Crippen molar-refractivity contribution in [2.24, 2.45) is 5.92 Å². The molecule has 0 spiro atoms. The van der Waals surface area contributed by atoms with Crippen LogP contribution in [0.25, 0.3) is 0 Å². The lowest BCUT2D eigenvalue weighted by Gasteiger charge is -2.25. The van der Waals surface area contributed by atoms with Crippen LogP contribution in [-0.2, 0) is 14.3 Å². The Kier molecular flexibility index (Phi) is 3.30. The molecule has 2 aliphatic heterocycles. The minimum Gasteiger partial charge on any atom is -0.479 e. The topological polar surface area (TPSA) is 55.8 Å². The molecule has 0 bridgehead atoms. The van der Waals surface area contributed by atoms with Gasteiger partial charge in [0.2, 0.25) is 0 Å². The Hall–Kier alpha value is -0.260. The van der Waals surface area contributed by atoms with Crippen molar-refractivity contribution < 1.29 is 19.4 Å². The third-order valence-electron chi connectivity index (χ3n) is 2.64. The minimum absolute atomic E-state index is 0.198. The Bertz CT molecular complexity index is 215. The maximum Gasteiger partial charge on any atom is 0.335 e. The molecule has 2 saturated heterocycles. The Morgan fingerprint density at radius 3 is 2.64 bits per heavy atom. The van der Waals surface area contributed by atoms with E-state index in [1.54, 1.807) is 0 Å². The molecule has 2 unspecified atom stereocenters. The number of carboxylic acids is 1. The lowest BCUT2D eigenvalue weighted by molar-refractivity contribution is -0.154. The summed E-state index contributed by atoms with van der Waals surface area (Å²) in [5, 5.41) is 8.72. The molecule has 2 fully saturated rings. The molecule has 0 amide bonds. The number of hydrogen-bond donors (Lipinski definition) is 1. The summed E-state index contributed by atoms with van der Waals surface area (Å²) in [5.41, 5.74) is 0. The van der Waals surface area contributed by atoms with Crippen molar-refractivity contribution in [2.45, 2.75) is 25.2 Å². The van der Waals surface area contributed by atoms with Gasteiger partial charge in [0.15, 0.2) is 12.4 Å². The lowest BCUT2D eigenvalue weighted by atomic mass is 10.0. The predicted molar refractivity (Wildman–Crippen MR) is 52.3 cm³/mol. The fourth-order valence-corrected chi connectivity index (χ4v) is 2.93. The monoisotopic (exact) mass is 218 g/mol. The Labute approximate surface area is 87.0 Å². The minimum atomic E-state index is -0.919. The van der Waals surface area contributed by atoms with Crippen LogP contribution in [0.2, 0.25) is 0 Å². The summed E-state index contributed by atoms with van der Waals surface area (Å²) in [4.78, 5) is 10.6. The zero-order valence-corrected chi connectivity index (χ0v) is 8.66. The van der Waals surface area contributed by atoms with E-state index in [9.17, 15) is 4.79 Å². The van der Waals surface area contributed by atoms with Crippen LogP contribution in [0.15, 0.2) is 0 Å². The van der Waals surface area contributed by atoms with Crippen LogP contribution in [0, 0.1) is 5.92 Å². The van der Waals surface area contributed by atoms with Crippen molar-refractivity contribution in [3.8, 4) is 0 Å². The van der Waals surface area contributed by atoms with Crippen molar-refractivity contribution >= 4 is 17.7 Å². The third-order valence-corrected chi connectivity index (χ3v) is 3.69. The summed E-state index contributed by atoms with van der Waals surface area (Å²) in [6.07, 6.45) is 1.11. The number of carbonyl (C=O) groups is 1. The maximum absolute atomic E-state index is 10.6. The SMILES string of the molecule is O=C(O)C1COC(C2CCSCC2)O1. The van der Waals surface area contributed by atoms with E-state index in [4.69, 9.17) is 14.6 Å². The molecule has 14 heavy (non-hydrogen) atoms. The zero-order valence-electron chi connectivity index (χ0n) is 7.85. The third kappa shape index (κ3) is 2.21. The molecule has 2 rings (SSSR count). The van der Waals surface area contributed by atoms with Gasteiger partial charge in [0.25, 0.3) is 0 Å². The van der Waals surface area contributed by atoms with Crippen LogP contribution in [-0.4, -0.2) is 41.6 Å². The van der Waals surface area contributed by atoms with Gasteiger partial charge in [-0.15, -0.1) is 0 Å². The molecule has 0 saturated carbocycles. The average Bonchev–Trinajstić information content (AvgIpc) is 2.68. The second kappa shape index (κ2) is 4.51. The quantitative estimate of drug-likeness (QED) is 0.748. The number of ether oxygens (including phenoxy) is 2. The molecule has 4 nitrogen and oxygen atoms in total. The molecule has 5 heteroatoms. The molecular formula is C9H14O4S. The van der Waals surface area contributed by atoms with Gasteiger partial charge in [-0.1, -0.05) is 0 Å². The fourth-order valence-electron chi connectivity index (χ4n) is 1.79. The van der Waals surface area contributed by atoms with Gasteiger partial charge in [-0.05, 0) is 24.3 Å². The summed E-state index contributed by atoms with van der Waals surface area (Å²) < 4.78 is 10.7. The molecule has 0 radical (unpaired) electrons. The molecule has 0 aromatic heterocycles. The number of thioether (sulfide) groups is 1. The lowest BCUT2D eigenvalue weighted by Crippen LogP contribution is -2.28. The van der Waals surface area contributed by atoms with Gasteiger partial charge in [-0.25, -0.2) is 4.79 Å². The highest BCUT2D eigenvalue weighted by molar-refractivity contribution is 7.99. The molecule has 2 aliphatic rings. The highest BCUT2D eigenvalue weighted by Gasteiger charge is 2.36. The Morgan fingerprint density at radius 1 is 1.36 bits per heavy atom. The number of carboxylic acid groups (broad SMARTS) is 1. The van der Waals surface area contributed by atoms with Gasteiger partial charge in [-0.2, -0.15) is 11.8 Å². The van der Waals surface area contributed by atoms with Crippen molar-refractivity contribution in [2.75, 3.05) is 18.1 Å². The van der Waals surface area contributed by atoms with Crippen LogP contribution in [0.3, 0.4) is 0 Å². The van der Waals surface area contributed by atoms with E-state index < -0.39 is 12.1 Å². The van der Waals surface area contributed by atoms with E-state index in [1.165, 1.54) is 0 Å². The standard InChI is InChI=1S/C9H14O4S/c10-8(11)7-5-12-9(13-7)6-1-3-14-4-2-6/h6-7,9H,1-5H2,(H,10,11). The molecule has 80 valence electrons. The van der Waals surface area contributed by atoms with E-state index in [-0.39, 0.29) is 12.9 Å². The normalized spacial score (nSPS) is 34.6. The summed E-state index contributed by atoms with van der Waals surface area (Å²) in [6, 6.07) is 0. The summed E-state index contributed by atoms with van der Waals surface area (Å²) >= 11 is 1.94. The van der Waals surface area contributed by atoms with E-state index in [0.717, 1.165) is 24.3 Å². The van der Waals surface area contributed by atoms with Crippen LogP contribution < -0.4 is 0 Å². The van der Waals surface area contributed by atoms with Crippen LogP contribution in [0.1, 0.15) is 12.8 Å². The van der Waals surface area contributed by atoms with E-state index in [2.05, 4.69) is 0 Å². The predicted octanol–water partition coefficient (Wildman–Crippen LogP) is 0.956. The van der Waals surface area contributed by atoms with Crippen molar-refractivity contribution in [1.29, 1.82) is 0 Å². The van der Waals surface area contributed by atoms with Crippen molar-refractivity contribution in [3.05, 3.63) is 0 Å². The molecule has 0 aromatic rings. The molecule has 0 aliphatic carbocycles. The summed E-state index contributed by atoms with van der Waals surface area (Å²) in [5.74, 6) is 1.73. The highest BCUT2D eigenvalue weighted by Crippen LogP contribution is 2.30. The van der Waals surface area contributed by atoms with E-state index >= 15 is 0 Å². The number of aliphatic carboxylic acids is 1. The summed E-state index contributed by atoms with van der Waals surface area (Å²) in [7, 11) is 0. The smallest absolute Gasteiger partial charge is 0.335 e. The van der Waals surface area contributed by atoms with Gasteiger partial charge < -0.3 is 14.6 Å². The van der Waals surface area contributed by atoms with Crippen molar-refractivity contribution in [1.82, 2.24) is 0 Å². The van der Waals surface area contributed by atoms with Gasteiger partial charge in [0.1, 0.15) is 0 Å². The van der Waals surface area contributed by atoms with Crippen LogP contribution >= 0.6 is 11.8 Å². The number of hydrogen-bond acceptors (Lipinski definition) is 4. The zero-order chi connectivity index (χ0) is 9.97. The first kappa shape index (κ1) is 10.3. The van der Waals surface area contributed by atoms with Gasteiger partial charge in [0, 0.05) is 5.92 Å². The molecule has 2 heterocycles. The fraction of sp³-hybridized carbons (Fsp3) is 0.889. The molecule has 2 atom stereocenters. The van der Waals surface area contributed by atoms with Gasteiger partial charge in [0.05, 0.1) is 6.61 Å². The molecule has 0 aromatic carbocycles. The van der Waals surface area contributed by atoms with Gasteiger partial charge >= 0.3 is 5.97 Å². The molecular weight excluding hydrogens is 204 g/mol. The first-order valence-electron chi connectivity index (χ1n) is 4.85. The second-order valence-corrected chi connectivity index (χ2v) is 4.84. The van der Waals surface area contributed by atoms with Crippen LogP contribution in [0.4, 0.5) is 0 Å². The van der Waals surface area contributed by atoms with Gasteiger partial charge in [-0.3, -0.25) is 0 Å². The first-order chi connectivity index (χ1) is 6.77. The summed E-state index contributed by atoms with van der Waals surface area (Å²) in [6.45, 7) is 0.198. The molecule has 1 N–H and O–H groups in total. The van der Waals surface area contributed by atoms with E-state index in [1.807, 2.05) is 11.8 Å². The van der Waals surface area contributed by atoms with Crippen LogP contribution in [0.5, 0.6) is 0 Å². The largest absolute Gasteiger partial charge is 0.479 e. The second-order valence-electron chi connectivity index (χ2n) is 3.61. The Balaban J connectivity index is 1.85. The van der Waals surface area contributed by atoms with E-state index in [0.29, 0.717) is 5.92 Å². The maximum atomic E-state index is 10.6. The Morgan fingerprint density at radius 2 is 2.07 bits per heavy atom. The average molecular weight is 218 g/mol. The number of rotatable bonds is 2. The van der Waals surface area contributed by atoms with Crippen molar-refractivity contribution in [3.63, 3.8) is 0 Å². The highest BCUT2D eigenvalue weighted by atomic mass is 32.2. The first-order valence-corrected chi connectivity index (χ1v) is 6.00.